The van der Waals surface area contributed by atoms with E-state index in [-0.39, 0.29) is 0 Å². The van der Waals surface area contributed by atoms with Crippen molar-refractivity contribution in [3.05, 3.63) is 77.0 Å². The second-order valence-corrected chi connectivity index (χ2v) is 12.6. The van der Waals surface area contributed by atoms with Crippen LogP contribution in [-0.2, 0) is 12.8 Å². The lowest BCUT2D eigenvalue weighted by Gasteiger charge is -2.39. The molecule has 41 heavy (non-hydrogen) atoms. The van der Waals surface area contributed by atoms with Crippen molar-refractivity contribution in [3.63, 3.8) is 0 Å². The Morgan fingerprint density at radius 2 is 1.59 bits per heavy atom. The number of aromatic nitrogens is 4. The minimum absolute atomic E-state index is 0.346. The van der Waals surface area contributed by atoms with Crippen molar-refractivity contribution in [3.8, 4) is 16.9 Å². The number of hydrogen-bond donors (Lipinski definition) is 3. The fraction of sp³-hybridized carbons (Fsp3) is 0.441. The third kappa shape index (κ3) is 4.70. The quantitative estimate of drug-likeness (QED) is 0.247. The zero-order chi connectivity index (χ0) is 27.3. The Hall–Kier alpha value is -3.71. The van der Waals surface area contributed by atoms with Crippen LogP contribution in [0.15, 0.2) is 54.6 Å². The maximum Gasteiger partial charge on any atom is 0.248 e. The first-order chi connectivity index (χ1) is 20.2. The lowest BCUT2D eigenvalue weighted by atomic mass is 9.67. The third-order valence-electron chi connectivity index (χ3n) is 10.0. The number of nitrogen functional groups attached to an aromatic ring is 1. The molecule has 0 amide bonds. The van der Waals surface area contributed by atoms with Gasteiger partial charge in [-0.25, -0.2) is 4.98 Å². The van der Waals surface area contributed by atoms with Crippen molar-refractivity contribution in [1.82, 2.24) is 25.1 Å². The molecule has 0 aliphatic heterocycles. The highest BCUT2D eigenvalue weighted by molar-refractivity contribution is 5.72. The van der Waals surface area contributed by atoms with Gasteiger partial charge in [0.05, 0.1) is 5.69 Å². The fourth-order valence-corrected chi connectivity index (χ4v) is 8.00. The lowest BCUT2D eigenvalue weighted by molar-refractivity contribution is 0.351. The second-order valence-electron chi connectivity index (χ2n) is 12.6. The number of nitrogens with two attached hydrogens (primary N) is 1. The molecular weight excluding hydrogens is 506 g/mol. The van der Waals surface area contributed by atoms with E-state index in [1.165, 1.54) is 91.3 Å². The molecule has 7 nitrogen and oxygen atoms in total. The Morgan fingerprint density at radius 3 is 2.41 bits per heavy atom. The van der Waals surface area contributed by atoms with Crippen LogP contribution in [0.5, 0.6) is 0 Å². The van der Waals surface area contributed by atoms with Gasteiger partial charge in [-0.3, -0.25) is 0 Å². The summed E-state index contributed by atoms with van der Waals surface area (Å²) in [6.45, 7) is 0. The first kappa shape index (κ1) is 25.0. The molecule has 2 bridgehead atoms. The number of hydrogen-bond acceptors (Lipinski definition) is 6. The minimum Gasteiger partial charge on any atom is -0.368 e. The maximum absolute atomic E-state index is 6.48. The molecule has 9 rings (SSSR count). The molecule has 5 aliphatic carbocycles. The van der Waals surface area contributed by atoms with Crippen LogP contribution in [0.1, 0.15) is 92.0 Å². The summed E-state index contributed by atoms with van der Waals surface area (Å²) in [6, 6.07) is 20.8. The number of benzene rings is 2. The predicted molar refractivity (Wildman–Crippen MR) is 164 cm³/mol. The number of fused-ring (bicyclic) bond motifs is 3. The molecule has 7 heteroatoms. The van der Waals surface area contributed by atoms with Crippen molar-refractivity contribution in [2.24, 2.45) is 0 Å². The summed E-state index contributed by atoms with van der Waals surface area (Å²) in [5.74, 6) is 2.70. The number of nitrogens with one attached hydrogen (secondary N) is 2. The summed E-state index contributed by atoms with van der Waals surface area (Å²) in [4.78, 5) is 9.79. The van der Waals surface area contributed by atoms with Crippen LogP contribution in [0, 0.1) is 0 Å². The SMILES string of the molecule is Nc1nc(Nc2ccc3c(c2)CC(NC2CCCC2)CC3)nn1-c1cc(-c2ccccc2)c2c(n1)C1CCC2CC1. The van der Waals surface area contributed by atoms with Gasteiger partial charge in [0.1, 0.15) is 0 Å². The van der Waals surface area contributed by atoms with Gasteiger partial charge in [0.2, 0.25) is 11.9 Å². The molecule has 4 N–H and O–H groups in total. The zero-order valence-electron chi connectivity index (χ0n) is 23.6. The molecule has 210 valence electrons. The molecule has 2 saturated carbocycles. The number of pyridine rings is 1. The van der Waals surface area contributed by atoms with Crippen LogP contribution in [0.25, 0.3) is 16.9 Å². The van der Waals surface area contributed by atoms with Gasteiger partial charge < -0.3 is 16.4 Å². The Kier molecular flexibility index (Phi) is 6.28. The Morgan fingerprint density at radius 1 is 0.780 bits per heavy atom. The van der Waals surface area contributed by atoms with Crippen molar-refractivity contribution in [2.45, 2.75) is 94.5 Å². The summed E-state index contributed by atoms with van der Waals surface area (Å²) in [5.41, 5.74) is 15.5. The molecule has 2 aromatic carbocycles. The molecular formula is C34H39N7. The molecule has 2 fully saturated rings. The highest BCUT2D eigenvalue weighted by Gasteiger charge is 2.37. The summed E-state index contributed by atoms with van der Waals surface area (Å²) in [6.07, 6.45) is 13.8. The van der Waals surface area contributed by atoms with Crippen LogP contribution in [-0.4, -0.2) is 31.8 Å². The highest BCUT2D eigenvalue weighted by atomic mass is 15.4. The standard InChI is InChI=1S/C34H39N7/c35-33-39-34(37-28-17-15-21-14-16-27(18-25(21)19-28)36-26-8-4-5-9-26)40-41(33)30-20-29(22-6-2-1-3-7-22)31-23-10-12-24(13-11-23)32(31)38-30/h1-3,6-7,15,17,19-20,23-24,26-27,36H,4-5,8-14,16,18H2,(H3,35,37,39,40). The van der Waals surface area contributed by atoms with E-state index < -0.39 is 0 Å². The average molecular weight is 546 g/mol. The van der Waals surface area contributed by atoms with Crippen LogP contribution in [0.4, 0.5) is 17.6 Å². The van der Waals surface area contributed by atoms with Crippen molar-refractivity contribution in [1.29, 1.82) is 0 Å². The largest absolute Gasteiger partial charge is 0.368 e. The molecule has 0 spiro atoms. The Balaban J connectivity index is 1.08. The smallest absolute Gasteiger partial charge is 0.248 e. The monoisotopic (exact) mass is 545 g/mol. The summed E-state index contributed by atoms with van der Waals surface area (Å²) in [7, 11) is 0. The van der Waals surface area contributed by atoms with Gasteiger partial charge in [0.15, 0.2) is 5.82 Å². The minimum atomic E-state index is 0.346. The molecule has 0 radical (unpaired) electrons. The summed E-state index contributed by atoms with van der Waals surface area (Å²) < 4.78 is 1.71. The van der Waals surface area contributed by atoms with E-state index in [1.54, 1.807) is 4.68 Å². The predicted octanol–water partition coefficient (Wildman–Crippen LogP) is 6.80. The van der Waals surface area contributed by atoms with Crippen molar-refractivity contribution < 1.29 is 0 Å². The van der Waals surface area contributed by atoms with Crippen molar-refractivity contribution >= 4 is 17.6 Å². The van der Waals surface area contributed by atoms with Gasteiger partial charge in [-0.1, -0.05) is 49.2 Å². The van der Waals surface area contributed by atoms with Gasteiger partial charge >= 0.3 is 0 Å². The molecule has 5 aliphatic rings. The first-order valence-corrected chi connectivity index (χ1v) is 15.7. The van der Waals surface area contributed by atoms with Crippen LogP contribution in [0.3, 0.4) is 0 Å². The molecule has 1 atom stereocenters. The Labute approximate surface area is 242 Å². The van der Waals surface area contributed by atoms with Gasteiger partial charge in [-0.15, -0.1) is 5.10 Å². The average Bonchev–Trinajstić information content (AvgIpc) is 3.66. The Bertz CT molecular complexity index is 1560. The fourth-order valence-electron chi connectivity index (χ4n) is 8.00. The summed E-state index contributed by atoms with van der Waals surface area (Å²) >= 11 is 0. The van der Waals surface area contributed by atoms with E-state index in [0.29, 0.717) is 35.8 Å². The van der Waals surface area contributed by atoms with E-state index in [1.807, 2.05) is 0 Å². The van der Waals surface area contributed by atoms with Gasteiger partial charge in [0, 0.05) is 23.7 Å². The molecule has 2 heterocycles. The van der Waals surface area contributed by atoms with Gasteiger partial charge in [0.25, 0.3) is 0 Å². The maximum atomic E-state index is 6.48. The molecule has 0 saturated heterocycles. The topological polar surface area (TPSA) is 93.7 Å². The number of rotatable bonds is 6. The van der Waals surface area contributed by atoms with E-state index in [4.69, 9.17) is 15.8 Å². The van der Waals surface area contributed by atoms with E-state index in [0.717, 1.165) is 24.3 Å². The molecule has 2 aromatic heterocycles. The van der Waals surface area contributed by atoms with Gasteiger partial charge in [-0.05, 0) is 110 Å². The van der Waals surface area contributed by atoms with E-state index in [9.17, 15) is 0 Å². The van der Waals surface area contributed by atoms with Gasteiger partial charge in [-0.2, -0.15) is 9.67 Å². The first-order valence-electron chi connectivity index (χ1n) is 15.7. The van der Waals surface area contributed by atoms with E-state index in [2.05, 4.69) is 70.2 Å². The molecule has 1 unspecified atom stereocenters. The highest BCUT2D eigenvalue weighted by Crippen LogP contribution is 2.52. The van der Waals surface area contributed by atoms with Crippen molar-refractivity contribution in [2.75, 3.05) is 11.1 Å². The molecule has 4 aromatic rings. The lowest BCUT2D eigenvalue weighted by Crippen LogP contribution is -2.40. The number of anilines is 3. The normalized spacial score (nSPS) is 23.4. The third-order valence-corrected chi connectivity index (χ3v) is 10.0. The zero-order valence-corrected chi connectivity index (χ0v) is 23.6. The number of nitrogens with zero attached hydrogens (tertiary/aromatic N) is 4. The van der Waals surface area contributed by atoms with Crippen LogP contribution < -0.4 is 16.4 Å². The summed E-state index contributed by atoms with van der Waals surface area (Å²) in [5, 5.41) is 12.2. The number of aryl methyl sites for hydroxylation is 1. The van der Waals surface area contributed by atoms with E-state index >= 15 is 0 Å². The van der Waals surface area contributed by atoms with Crippen LogP contribution >= 0.6 is 0 Å². The van der Waals surface area contributed by atoms with Crippen LogP contribution in [0.2, 0.25) is 0 Å². The second kappa shape index (κ2) is 10.3.